The molecule has 1 heterocycles. The zero-order chi connectivity index (χ0) is 12.8. The Balaban J connectivity index is 2.64. The molecular weight excluding hydrogens is 290 g/mol. The van der Waals surface area contributed by atoms with E-state index in [4.69, 9.17) is 9.52 Å². The van der Waals surface area contributed by atoms with Gasteiger partial charge in [-0.1, -0.05) is 13.3 Å². The molecule has 1 atom stereocenters. The molecule has 0 spiro atoms. The predicted octanol–water partition coefficient (Wildman–Crippen LogP) is 2.42. The van der Waals surface area contributed by atoms with E-state index < -0.39 is 5.97 Å². The van der Waals surface area contributed by atoms with Gasteiger partial charge >= 0.3 is 5.97 Å². The summed E-state index contributed by atoms with van der Waals surface area (Å²) in [6.07, 6.45) is 2.76. The number of hydrogen-bond acceptors (Lipinski definition) is 3. The third-order valence-electron chi connectivity index (χ3n) is 2.26. The molecular formula is C11H14BrNO4. The molecule has 1 amide bonds. The summed E-state index contributed by atoms with van der Waals surface area (Å²) in [5.41, 5.74) is 0.372. The van der Waals surface area contributed by atoms with Crippen LogP contribution in [0.5, 0.6) is 0 Å². The van der Waals surface area contributed by atoms with Crippen molar-refractivity contribution >= 4 is 27.8 Å². The van der Waals surface area contributed by atoms with Gasteiger partial charge in [-0.2, -0.15) is 0 Å². The first-order valence-corrected chi connectivity index (χ1v) is 6.09. The first-order chi connectivity index (χ1) is 8.04. The highest BCUT2D eigenvalue weighted by Gasteiger charge is 2.18. The number of carbonyl (C=O) groups is 2. The average molecular weight is 304 g/mol. The van der Waals surface area contributed by atoms with Gasteiger partial charge in [0.25, 0.3) is 5.91 Å². The quantitative estimate of drug-likeness (QED) is 0.846. The highest BCUT2D eigenvalue weighted by Crippen LogP contribution is 2.17. The summed E-state index contributed by atoms with van der Waals surface area (Å²) >= 11 is 3.10. The van der Waals surface area contributed by atoms with Crippen molar-refractivity contribution in [2.45, 2.75) is 32.2 Å². The number of rotatable bonds is 6. The second-order valence-corrected chi connectivity index (χ2v) is 4.39. The van der Waals surface area contributed by atoms with Crippen LogP contribution in [0, 0.1) is 0 Å². The molecule has 0 saturated heterocycles. The van der Waals surface area contributed by atoms with E-state index >= 15 is 0 Å². The van der Waals surface area contributed by atoms with E-state index in [1.54, 1.807) is 0 Å². The lowest BCUT2D eigenvalue weighted by Gasteiger charge is -2.15. The Labute approximate surface area is 107 Å². The number of carboxylic acids is 1. The van der Waals surface area contributed by atoms with Crippen molar-refractivity contribution in [3.05, 3.63) is 22.6 Å². The van der Waals surface area contributed by atoms with Crippen molar-refractivity contribution in [3.63, 3.8) is 0 Å². The van der Waals surface area contributed by atoms with Gasteiger partial charge in [-0.25, -0.2) is 0 Å². The van der Waals surface area contributed by atoms with Crippen LogP contribution < -0.4 is 5.32 Å². The van der Waals surface area contributed by atoms with Gasteiger partial charge in [0.05, 0.1) is 18.2 Å². The third-order valence-corrected chi connectivity index (χ3v) is 2.87. The second-order valence-electron chi connectivity index (χ2n) is 3.66. The Morgan fingerprint density at radius 1 is 1.59 bits per heavy atom. The van der Waals surface area contributed by atoms with Gasteiger partial charge in [0.15, 0.2) is 4.67 Å². The molecule has 0 aliphatic carbocycles. The standard InChI is InChI=1S/C11H14BrNO4/c1-2-3-7(6-9(14)15)13-11(16)8-4-5-17-10(8)12/h4-5,7H,2-3,6H2,1H3,(H,13,16)(H,14,15). The number of hydrogen-bond donors (Lipinski definition) is 2. The molecule has 0 radical (unpaired) electrons. The first kappa shape index (κ1) is 13.8. The molecule has 0 saturated carbocycles. The Bertz CT molecular complexity index is 402. The van der Waals surface area contributed by atoms with Gasteiger partial charge in [0.1, 0.15) is 0 Å². The van der Waals surface area contributed by atoms with Crippen LogP contribution in [0.4, 0.5) is 0 Å². The van der Waals surface area contributed by atoms with E-state index in [1.165, 1.54) is 12.3 Å². The van der Waals surface area contributed by atoms with Crippen LogP contribution in [0.1, 0.15) is 36.5 Å². The summed E-state index contributed by atoms with van der Waals surface area (Å²) in [6.45, 7) is 1.94. The van der Waals surface area contributed by atoms with Gasteiger partial charge in [0.2, 0.25) is 0 Å². The first-order valence-electron chi connectivity index (χ1n) is 5.30. The van der Waals surface area contributed by atoms with E-state index in [0.29, 0.717) is 16.7 Å². The number of carboxylic acid groups (broad SMARTS) is 1. The summed E-state index contributed by atoms with van der Waals surface area (Å²) in [4.78, 5) is 22.4. The Hall–Kier alpha value is -1.30. The van der Waals surface area contributed by atoms with Crippen molar-refractivity contribution < 1.29 is 19.1 Å². The molecule has 1 aromatic rings. The number of amides is 1. The maximum absolute atomic E-state index is 11.8. The Morgan fingerprint density at radius 3 is 2.76 bits per heavy atom. The SMILES string of the molecule is CCCC(CC(=O)O)NC(=O)c1ccoc1Br. The topological polar surface area (TPSA) is 79.5 Å². The van der Waals surface area contributed by atoms with Crippen LogP contribution in [0.15, 0.2) is 21.4 Å². The van der Waals surface area contributed by atoms with Gasteiger partial charge in [0, 0.05) is 6.04 Å². The average Bonchev–Trinajstić information content (AvgIpc) is 2.63. The molecule has 17 heavy (non-hydrogen) atoms. The fourth-order valence-corrected chi connectivity index (χ4v) is 1.92. The second kappa shape index (κ2) is 6.44. The van der Waals surface area contributed by atoms with E-state index in [9.17, 15) is 9.59 Å². The lowest BCUT2D eigenvalue weighted by Crippen LogP contribution is -2.36. The van der Waals surface area contributed by atoms with E-state index in [0.717, 1.165) is 6.42 Å². The molecule has 1 unspecified atom stereocenters. The molecule has 1 aromatic heterocycles. The van der Waals surface area contributed by atoms with Crippen molar-refractivity contribution in [2.24, 2.45) is 0 Å². The zero-order valence-corrected chi connectivity index (χ0v) is 11.0. The minimum absolute atomic E-state index is 0.0744. The normalized spacial score (nSPS) is 12.1. The number of nitrogens with one attached hydrogen (secondary N) is 1. The fraction of sp³-hybridized carbons (Fsp3) is 0.455. The van der Waals surface area contributed by atoms with Crippen LogP contribution in [0.25, 0.3) is 0 Å². The molecule has 1 rings (SSSR count). The monoisotopic (exact) mass is 303 g/mol. The van der Waals surface area contributed by atoms with Gasteiger partial charge in [-0.05, 0) is 28.4 Å². The van der Waals surface area contributed by atoms with Crippen molar-refractivity contribution in [1.82, 2.24) is 5.32 Å². The van der Waals surface area contributed by atoms with E-state index in [-0.39, 0.29) is 18.4 Å². The Kier molecular flexibility index (Phi) is 5.21. The summed E-state index contributed by atoms with van der Waals surface area (Å²) in [5.74, 6) is -1.25. The molecule has 94 valence electrons. The maximum Gasteiger partial charge on any atom is 0.305 e. The van der Waals surface area contributed by atoms with Crippen LogP contribution in [-0.4, -0.2) is 23.0 Å². The fourth-order valence-electron chi connectivity index (χ4n) is 1.50. The van der Waals surface area contributed by atoms with Crippen molar-refractivity contribution in [3.8, 4) is 0 Å². The lowest BCUT2D eigenvalue weighted by molar-refractivity contribution is -0.137. The molecule has 6 heteroatoms. The lowest BCUT2D eigenvalue weighted by atomic mass is 10.1. The minimum Gasteiger partial charge on any atom is -0.481 e. The highest BCUT2D eigenvalue weighted by molar-refractivity contribution is 9.10. The van der Waals surface area contributed by atoms with Crippen LogP contribution in [0.3, 0.4) is 0 Å². The molecule has 0 aliphatic rings. The maximum atomic E-state index is 11.8. The predicted molar refractivity (Wildman–Crippen MR) is 64.8 cm³/mol. The van der Waals surface area contributed by atoms with Crippen LogP contribution in [0.2, 0.25) is 0 Å². The number of aliphatic carboxylic acids is 1. The summed E-state index contributed by atoms with van der Waals surface area (Å²) in [5, 5.41) is 11.4. The molecule has 2 N–H and O–H groups in total. The summed E-state index contributed by atoms with van der Waals surface area (Å²) in [7, 11) is 0. The van der Waals surface area contributed by atoms with Gasteiger partial charge < -0.3 is 14.8 Å². The summed E-state index contributed by atoms with van der Waals surface area (Å²) < 4.78 is 5.30. The van der Waals surface area contributed by atoms with Gasteiger partial charge in [-0.3, -0.25) is 9.59 Å². The van der Waals surface area contributed by atoms with E-state index in [1.807, 2.05) is 6.92 Å². The smallest absolute Gasteiger partial charge is 0.305 e. The molecule has 0 fully saturated rings. The third kappa shape index (κ3) is 4.22. The Morgan fingerprint density at radius 2 is 2.29 bits per heavy atom. The van der Waals surface area contributed by atoms with Crippen molar-refractivity contribution in [2.75, 3.05) is 0 Å². The number of furan rings is 1. The minimum atomic E-state index is -0.921. The summed E-state index contributed by atoms with van der Waals surface area (Å²) in [6, 6.07) is 1.18. The van der Waals surface area contributed by atoms with Crippen LogP contribution >= 0.6 is 15.9 Å². The van der Waals surface area contributed by atoms with Gasteiger partial charge in [-0.15, -0.1) is 0 Å². The molecule has 0 aromatic carbocycles. The van der Waals surface area contributed by atoms with E-state index in [2.05, 4.69) is 21.2 Å². The van der Waals surface area contributed by atoms with Crippen LogP contribution in [-0.2, 0) is 4.79 Å². The highest BCUT2D eigenvalue weighted by atomic mass is 79.9. The number of carbonyl (C=O) groups excluding carboxylic acids is 1. The molecule has 0 aliphatic heterocycles. The molecule has 5 nitrogen and oxygen atoms in total. The van der Waals surface area contributed by atoms with Crippen molar-refractivity contribution in [1.29, 1.82) is 0 Å². The number of halogens is 1. The zero-order valence-electron chi connectivity index (χ0n) is 9.40. The molecule has 0 bridgehead atoms. The largest absolute Gasteiger partial charge is 0.481 e.